The summed E-state index contributed by atoms with van der Waals surface area (Å²) in [6.07, 6.45) is 2.16. The molecule has 0 spiro atoms. The maximum atomic E-state index is 5.79. The second kappa shape index (κ2) is 7.27. The van der Waals surface area contributed by atoms with Crippen LogP contribution in [0.2, 0.25) is 5.28 Å². The van der Waals surface area contributed by atoms with Gasteiger partial charge in [0.1, 0.15) is 0 Å². The van der Waals surface area contributed by atoms with Crippen LogP contribution in [0.1, 0.15) is 33.6 Å². The van der Waals surface area contributed by atoms with E-state index in [1.165, 1.54) is 0 Å². The van der Waals surface area contributed by atoms with Crippen LogP contribution in [0.3, 0.4) is 0 Å². The van der Waals surface area contributed by atoms with Crippen LogP contribution < -0.4 is 10.1 Å². The number of nitrogens with one attached hydrogen (secondary N) is 1. The van der Waals surface area contributed by atoms with E-state index in [1.54, 1.807) is 0 Å². The van der Waals surface area contributed by atoms with Gasteiger partial charge in [0.15, 0.2) is 0 Å². The highest BCUT2D eigenvalue weighted by Gasteiger charge is 2.08. The maximum Gasteiger partial charge on any atom is 0.322 e. The van der Waals surface area contributed by atoms with E-state index in [4.69, 9.17) is 16.3 Å². The number of hydrogen-bond acceptors (Lipinski definition) is 5. The van der Waals surface area contributed by atoms with Gasteiger partial charge >= 0.3 is 6.01 Å². The van der Waals surface area contributed by atoms with Gasteiger partial charge in [-0.1, -0.05) is 26.7 Å². The minimum absolute atomic E-state index is 0.149. The molecule has 0 radical (unpaired) electrons. The van der Waals surface area contributed by atoms with Gasteiger partial charge in [0.25, 0.3) is 0 Å². The summed E-state index contributed by atoms with van der Waals surface area (Å²) < 4.78 is 5.53. The predicted molar refractivity (Wildman–Crippen MR) is 68.6 cm³/mol. The van der Waals surface area contributed by atoms with Crippen molar-refractivity contribution in [3.63, 3.8) is 0 Å². The highest BCUT2D eigenvalue weighted by atomic mass is 35.5. The summed E-state index contributed by atoms with van der Waals surface area (Å²) in [6, 6.07) is 0.285. The Morgan fingerprint density at radius 3 is 2.47 bits per heavy atom. The molecular weight excluding hydrogens is 240 g/mol. The Kier molecular flexibility index (Phi) is 5.97. The van der Waals surface area contributed by atoms with Crippen molar-refractivity contribution in [3.8, 4) is 6.01 Å². The number of anilines is 1. The van der Waals surface area contributed by atoms with Gasteiger partial charge in [-0.3, -0.25) is 0 Å². The molecule has 96 valence electrons. The van der Waals surface area contributed by atoms with Gasteiger partial charge in [-0.15, -0.1) is 0 Å². The van der Waals surface area contributed by atoms with Crippen molar-refractivity contribution in [2.24, 2.45) is 5.92 Å². The van der Waals surface area contributed by atoms with E-state index < -0.39 is 0 Å². The molecule has 0 saturated carbocycles. The Balaban J connectivity index is 2.63. The molecule has 0 bridgehead atoms. The van der Waals surface area contributed by atoms with Crippen LogP contribution in [-0.4, -0.2) is 28.1 Å². The molecule has 0 atom stereocenters. The maximum absolute atomic E-state index is 5.79. The molecule has 0 saturated heterocycles. The van der Waals surface area contributed by atoms with Crippen LogP contribution in [0.25, 0.3) is 0 Å². The fraction of sp³-hybridized carbons (Fsp3) is 0.727. The van der Waals surface area contributed by atoms with Crippen molar-refractivity contribution in [2.75, 3.05) is 18.5 Å². The van der Waals surface area contributed by atoms with Crippen LogP contribution in [0.15, 0.2) is 0 Å². The third-order valence-electron chi connectivity index (χ3n) is 2.53. The van der Waals surface area contributed by atoms with Gasteiger partial charge in [0.2, 0.25) is 11.2 Å². The summed E-state index contributed by atoms with van der Waals surface area (Å²) in [5.41, 5.74) is 0. The fourth-order valence-electron chi connectivity index (χ4n) is 1.35. The lowest BCUT2D eigenvalue weighted by molar-refractivity contribution is 0.224. The molecule has 1 heterocycles. The second-order valence-corrected chi connectivity index (χ2v) is 4.07. The van der Waals surface area contributed by atoms with Crippen LogP contribution in [-0.2, 0) is 0 Å². The first-order valence-electron chi connectivity index (χ1n) is 5.97. The Morgan fingerprint density at radius 1 is 1.18 bits per heavy atom. The van der Waals surface area contributed by atoms with Gasteiger partial charge in [-0.2, -0.15) is 15.0 Å². The number of rotatable bonds is 7. The smallest absolute Gasteiger partial charge is 0.322 e. The minimum atomic E-state index is 0.149. The summed E-state index contributed by atoms with van der Waals surface area (Å²) >= 11 is 5.79. The molecule has 0 aliphatic heterocycles. The largest absolute Gasteiger partial charge is 0.463 e. The van der Waals surface area contributed by atoms with Crippen molar-refractivity contribution in [1.29, 1.82) is 0 Å². The van der Waals surface area contributed by atoms with E-state index in [-0.39, 0.29) is 11.3 Å². The first-order chi connectivity index (χ1) is 8.19. The van der Waals surface area contributed by atoms with Crippen LogP contribution in [0, 0.1) is 5.92 Å². The molecule has 0 aliphatic carbocycles. The zero-order chi connectivity index (χ0) is 12.7. The predicted octanol–water partition coefficient (Wildman–Crippen LogP) is 2.77. The average molecular weight is 259 g/mol. The van der Waals surface area contributed by atoms with Gasteiger partial charge in [0.05, 0.1) is 6.61 Å². The summed E-state index contributed by atoms with van der Waals surface area (Å²) in [6.45, 7) is 7.58. The van der Waals surface area contributed by atoms with Crippen LogP contribution in [0.5, 0.6) is 6.01 Å². The molecule has 5 nitrogen and oxygen atoms in total. The van der Waals surface area contributed by atoms with Crippen LogP contribution in [0.4, 0.5) is 5.95 Å². The fourth-order valence-corrected chi connectivity index (χ4v) is 1.50. The quantitative estimate of drug-likeness (QED) is 0.815. The van der Waals surface area contributed by atoms with E-state index in [1.807, 2.05) is 6.92 Å². The van der Waals surface area contributed by atoms with Crippen molar-refractivity contribution in [2.45, 2.75) is 33.6 Å². The van der Waals surface area contributed by atoms with Gasteiger partial charge in [0, 0.05) is 6.54 Å². The summed E-state index contributed by atoms with van der Waals surface area (Å²) in [5, 5.41) is 3.13. The van der Waals surface area contributed by atoms with Gasteiger partial charge in [-0.05, 0) is 24.4 Å². The molecule has 1 N–H and O–H groups in total. The third kappa shape index (κ3) is 4.73. The van der Waals surface area contributed by atoms with E-state index in [9.17, 15) is 0 Å². The molecule has 0 aromatic carbocycles. The first kappa shape index (κ1) is 14.0. The zero-order valence-corrected chi connectivity index (χ0v) is 11.3. The SMILES string of the molecule is CCNc1nc(Cl)nc(OCC(CC)CC)n1. The lowest BCUT2D eigenvalue weighted by atomic mass is 10.1. The number of nitrogens with zero attached hydrogens (tertiary/aromatic N) is 3. The van der Waals surface area contributed by atoms with E-state index in [0.717, 1.165) is 19.4 Å². The second-order valence-electron chi connectivity index (χ2n) is 3.73. The summed E-state index contributed by atoms with van der Waals surface area (Å²) in [7, 11) is 0. The highest BCUT2D eigenvalue weighted by Crippen LogP contribution is 2.14. The standard InChI is InChI=1S/C11H19ClN4O/c1-4-8(5-2)7-17-11-15-9(12)14-10(16-11)13-6-3/h8H,4-7H2,1-3H3,(H,13,14,15,16). The molecule has 0 unspecified atom stereocenters. The van der Waals surface area contributed by atoms with Crippen LogP contribution >= 0.6 is 11.6 Å². The van der Waals surface area contributed by atoms with Gasteiger partial charge in [-0.25, -0.2) is 0 Å². The first-order valence-corrected chi connectivity index (χ1v) is 6.35. The lowest BCUT2D eigenvalue weighted by Crippen LogP contribution is -2.13. The number of aromatic nitrogens is 3. The Morgan fingerprint density at radius 2 is 1.88 bits per heavy atom. The number of halogens is 1. The molecule has 17 heavy (non-hydrogen) atoms. The van der Waals surface area contributed by atoms with E-state index in [2.05, 4.69) is 34.1 Å². The van der Waals surface area contributed by atoms with E-state index >= 15 is 0 Å². The average Bonchev–Trinajstić information content (AvgIpc) is 2.30. The van der Waals surface area contributed by atoms with Crippen molar-refractivity contribution in [1.82, 2.24) is 15.0 Å². The minimum Gasteiger partial charge on any atom is -0.463 e. The summed E-state index contributed by atoms with van der Waals surface area (Å²) in [5.74, 6) is 0.972. The summed E-state index contributed by atoms with van der Waals surface area (Å²) in [4.78, 5) is 12.0. The molecule has 1 aromatic heterocycles. The topological polar surface area (TPSA) is 59.9 Å². The monoisotopic (exact) mass is 258 g/mol. The number of ether oxygens (including phenoxy) is 1. The Bertz CT molecular complexity index is 344. The molecule has 0 aliphatic rings. The molecule has 1 aromatic rings. The number of hydrogen-bond donors (Lipinski definition) is 1. The molecule has 1 rings (SSSR count). The van der Waals surface area contributed by atoms with Gasteiger partial charge < -0.3 is 10.1 Å². The Hall–Kier alpha value is -1.10. The van der Waals surface area contributed by atoms with Crippen molar-refractivity contribution in [3.05, 3.63) is 5.28 Å². The Labute approximate surface area is 107 Å². The normalized spacial score (nSPS) is 10.6. The van der Waals surface area contributed by atoms with Crippen molar-refractivity contribution >= 4 is 17.5 Å². The highest BCUT2D eigenvalue weighted by molar-refractivity contribution is 6.28. The molecular formula is C11H19ClN4O. The molecule has 0 amide bonds. The van der Waals surface area contributed by atoms with E-state index in [0.29, 0.717) is 18.5 Å². The molecule has 6 heteroatoms. The zero-order valence-electron chi connectivity index (χ0n) is 10.5. The van der Waals surface area contributed by atoms with Crippen molar-refractivity contribution < 1.29 is 4.74 Å². The third-order valence-corrected chi connectivity index (χ3v) is 2.69. The lowest BCUT2D eigenvalue weighted by Gasteiger charge is -2.12. The molecule has 0 fully saturated rings.